The van der Waals surface area contributed by atoms with E-state index < -0.39 is 0 Å². The highest BCUT2D eigenvalue weighted by Crippen LogP contribution is 2.47. The third-order valence-corrected chi connectivity index (χ3v) is 4.73. The molecule has 1 saturated carbocycles. The predicted molar refractivity (Wildman–Crippen MR) is 93.5 cm³/mol. The van der Waals surface area contributed by atoms with Crippen LogP contribution in [0, 0.1) is 5.92 Å². The first-order valence-corrected chi connectivity index (χ1v) is 8.61. The Kier molecular flexibility index (Phi) is 4.22. The third kappa shape index (κ3) is 3.60. The quantitative estimate of drug-likeness (QED) is 0.717. The van der Waals surface area contributed by atoms with Gasteiger partial charge in [0.1, 0.15) is 11.5 Å². The van der Waals surface area contributed by atoms with Gasteiger partial charge in [0.15, 0.2) is 0 Å². The van der Waals surface area contributed by atoms with Gasteiger partial charge in [0.25, 0.3) is 0 Å². The maximum absolute atomic E-state index is 5.92. The highest BCUT2D eigenvalue weighted by Gasteiger charge is 2.36. The Bertz CT molecular complexity index is 774. The van der Waals surface area contributed by atoms with Crippen molar-refractivity contribution in [3.63, 3.8) is 0 Å². The Morgan fingerprint density at radius 3 is 2.62 bits per heavy atom. The number of nitrogens with zero attached hydrogens (tertiary/aromatic N) is 2. The van der Waals surface area contributed by atoms with Crippen LogP contribution >= 0.6 is 0 Å². The van der Waals surface area contributed by atoms with Crippen molar-refractivity contribution in [1.29, 1.82) is 0 Å². The molecule has 124 valence electrons. The number of nitrogens with one attached hydrogen (secondary N) is 1. The van der Waals surface area contributed by atoms with Crippen LogP contribution in [0.15, 0.2) is 59.5 Å². The highest BCUT2D eigenvalue weighted by atomic mass is 16.3. The zero-order valence-electron chi connectivity index (χ0n) is 14.0. The van der Waals surface area contributed by atoms with Gasteiger partial charge in [0.2, 0.25) is 0 Å². The number of benzene rings is 1. The molecule has 1 fully saturated rings. The van der Waals surface area contributed by atoms with Gasteiger partial charge in [-0.1, -0.05) is 31.2 Å². The molecule has 0 amide bonds. The van der Waals surface area contributed by atoms with Crippen LogP contribution in [0.5, 0.6) is 0 Å². The monoisotopic (exact) mass is 321 g/mol. The first-order chi connectivity index (χ1) is 11.8. The van der Waals surface area contributed by atoms with Crippen LogP contribution in [0.4, 0.5) is 0 Å². The second-order valence-corrected chi connectivity index (χ2v) is 6.78. The van der Waals surface area contributed by atoms with Gasteiger partial charge >= 0.3 is 0 Å². The molecule has 4 nitrogen and oxygen atoms in total. The van der Waals surface area contributed by atoms with E-state index in [0.717, 1.165) is 37.1 Å². The first-order valence-electron chi connectivity index (χ1n) is 8.61. The molecule has 2 aromatic heterocycles. The van der Waals surface area contributed by atoms with Gasteiger partial charge < -0.3 is 14.3 Å². The number of imidazole rings is 1. The summed E-state index contributed by atoms with van der Waals surface area (Å²) in [5.41, 5.74) is 2.57. The fraction of sp³-hybridized carbons (Fsp3) is 0.350. The lowest BCUT2D eigenvalue weighted by atomic mass is 10.1. The van der Waals surface area contributed by atoms with E-state index in [1.807, 2.05) is 18.7 Å². The van der Waals surface area contributed by atoms with E-state index >= 15 is 0 Å². The van der Waals surface area contributed by atoms with E-state index in [0.29, 0.717) is 5.92 Å². The minimum atomic E-state index is 0.654. The molecule has 2 heterocycles. The van der Waals surface area contributed by atoms with Gasteiger partial charge in [-0.2, -0.15) is 0 Å². The molecule has 0 aliphatic heterocycles. The Morgan fingerprint density at radius 2 is 1.92 bits per heavy atom. The summed E-state index contributed by atoms with van der Waals surface area (Å²) < 4.78 is 7.99. The van der Waals surface area contributed by atoms with Gasteiger partial charge in [0, 0.05) is 31.4 Å². The van der Waals surface area contributed by atoms with Gasteiger partial charge in [-0.15, -0.1) is 0 Å². The van der Waals surface area contributed by atoms with Crippen LogP contribution < -0.4 is 5.32 Å². The topological polar surface area (TPSA) is 43.0 Å². The molecule has 1 aromatic carbocycles. The predicted octanol–water partition coefficient (Wildman–Crippen LogP) is 3.94. The van der Waals surface area contributed by atoms with Gasteiger partial charge in [-0.25, -0.2) is 4.98 Å². The maximum atomic E-state index is 5.92. The molecular formula is C20H23N3O. The molecule has 3 aromatic rings. The molecular weight excluding hydrogens is 298 g/mol. The Hall–Kier alpha value is -2.33. The molecule has 0 bridgehead atoms. The summed E-state index contributed by atoms with van der Waals surface area (Å²) in [7, 11) is 0. The first kappa shape index (κ1) is 15.2. The molecule has 1 aliphatic rings. The van der Waals surface area contributed by atoms with E-state index in [-0.39, 0.29) is 0 Å². The molecule has 0 radical (unpaired) electrons. The summed E-state index contributed by atoms with van der Waals surface area (Å²) in [6.45, 7) is 4.77. The molecule has 4 rings (SSSR count). The molecule has 4 heteroatoms. The van der Waals surface area contributed by atoms with Crippen molar-refractivity contribution in [3.8, 4) is 0 Å². The molecule has 24 heavy (non-hydrogen) atoms. The minimum absolute atomic E-state index is 0.654. The molecule has 0 saturated heterocycles. The van der Waals surface area contributed by atoms with Crippen molar-refractivity contribution in [2.45, 2.75) is 38.9 Å². The average molecular weight is 321 g/mol. The average Bonchev–Trinajstić information content (AvgIpc) is 2.99. The lowest BCUT2D eigenvalue weighted by Crippen LogP contribution is -2.12. The lowest BCUT2D eigenvalue weighted by molar-refractivity contribution is 0.444. The smallest absolute Gasteiger partial charge is 0.117 e. The van der Waals surface area contributed by atoms with E-state index in [1.54, 1.807) is 0 Å². The largest absolute Gasteiger partial charge is 0.464 e. The molecule has 1 aliphatic carbocycles. The van der Waals surface area contributed by atoms with Crippen LogP contribution in [0.3, 0.4) is 0 Å². The number of furan rings is 1. The van der Waals surface area contributed by atoms with E-state index in [4.69, 9.17) is 4.42 Å². The van der Waals surface area contributed by atoms with Crippen LogP contribution in [0.25, 0.3) is 0 Å². The van der Waals surface area contributed by atoms with Crippen LogP contribution in [0.2, 0.25) is 0 Å². The fourth-order valence-corrected chi connectivity index (χ4v) is 3.09. The summed E-state index contributed by atoms with van der Waals surface area (Å²) >= 11 is 0. The summed E-state index contributed by atoms with van der Waals surface area (Å²) in [4.78, 5) is 4.07. The van der Waals surface area contributed by atoms with E-state index in [9.17, 15) is 0 Å². The molecule has 0 spiro atoms. The zero-order chi connectivity index (χ0) is 16.4. The van der Waals surface area contributed by atoms with Crippen molar-refractivity contribution >= 4 is 0 Å². The second-order valence-electron chi connectivity index (χ2n) is 6.78. The van der Waals surface area contributed by atoms with Crippen LogP contribution in [-0.4, -0.2) is 9.55 Å². The van der Waals surface area contributed by atoms with E-state index in [1.165, 1.54) is 17.5 Å². The number of rotatable bonds is 7. The SMILES string of the molecule is CC1CC1c1ccc(CNCc2ccc(Cn3ccnc3)cc2)o1. The number of hydrogen-bond donors (Lipinski definition) is 1. The Labute approximate surface area is 142 Å². The van der Waals surface area contributed by atoms with Gasteiger partial charge in [-0.05, 0) is 35.6 Å². The number of aromatic nitrogens is 2. The zero-order valence-corrected chi connectivity index (χ0v) is 14.0. The van der Waals surface area contributed by atoms with Gasteiger partial charge in [-0.3, -0.25) is 0 Å². The molecule has 1 N–H and O–H groups in total. The molecule has 2 unspecified atom stereocenters. The highest BCUT2D eigenvalue weighted by molar-refractivity contribution is 5.23. The van der Waals surface area contributed by atoms with Gasteiger partial charge in [0.05, 0.1) is 12.9 Å². The standard InChI is InChI=1S/C20H23N3O/c1-15-10-19(15)20-7-6-18(24-20)12-22-11-16-2-4-17(5-3-16)13-23-9-8-21-14-23/h2-9,14-15,19,22H,10-13H2,1H3. The lowest BCUT2D eigenvalue weighted by Gasteiger charge is -2.06. The summed E-state index contributed by atoms with van der Waals surface area (Å²) in [5, 5.41) is 3.46. The Morgan fingerprint density at radius 1 is 1.12 bits per heavy atom. The van der Waals surface area contributed by atoms with E-state index in [2.05, 4.69) is 58.2 Å². The fourth-order valence-electron chi connectivity index (χ4n) is 3.09. The van der Waals surface area contributed by atoms with Crippen LogP contribution in [0.1, 0.15) is 41.9 Å². The van der Waals surface area contributed by atoms with Crippen LogP contribution in [-0.2, 0) is 19.6 Å². The third-order valence-electron chi connectivity index (χ3n) is 4.73. The normalized spacial score (nSPS) is 19.5. The van der Waals surface area contributed by atoms with Crippen molar-refractivity contribution in [2.75, 3.05) is 0 Å². The Balaban J connectivity index is 1.26. The second kappa shape index (κ2) is 6.65. The van der Waals surface area contributed by atoms with Crippen molar-refractivity contribution in [1.82, 2.24) is 14.9 Å². The van der Waals surface area contributed by atoms with Crippen molar-refractivity contribution < 1.29 is 4.42 Å². The number of hydrogen-bond acceptors (Lipinski definition) is 3. The molecule has 2 atom stereocenters. The van der Waals surface area contributed by atoms with Crippen molar-refractivity contribution in [2.24, 2.45) is 5.92 Å². The summed E-state index contributed by atoms with van der Waals surface area (Å²) in [6, 6.07) is 12.9. The summed E-state index contributed by atoms with van der Waals surface area (Å²) in [5.74, 6) is 3.63. The van der Waals surface area contributed by atoms with Crippen molar-refractivity contribution in [3.05, 3.63) is 77.8 Å². The summed E-state index contributed by atoms with van der Waals surface area (Å²) in [6.07, 6.45) is 6.90. The minimum Gasteiger partial charge on any atom is -0.464 e. The maximum Gasteiger partial charge on any atom is 0.117 e.